The summed E-state index contributed by atoms with van der Waals surface area (Å²) in [5.74, 6) is 0. The Balaban J connectivity index is 1.92. The average Bonchev–Trinajstić information content (AvgIpc) is 2.82. The van der Waals surface area contributed by atoms with Crippen LogP contribution in [0.15, 0.2) is 60.7 Å². The molecule has 0 radical (unpaired) electrons. The van der Waals surface area contributed by atoms with Crippen LogP contribution in [0.5, 0.6) is 0 Å². The predicted octanol–water partition coefficient (Wildman–Crippen LogP) is 9.29. The van der Waals surface area contributed by atoms with Gasteiger partial charge in [-0.05, 0) is 62.5 Å². The number of hydrogen-bond donors (Lipinski definition) is 1. The Morgan fingerprint density at radius 2 is 0.939 bits per heavy atom. The van der Waals surface area contributed by atoms with Gasteiger partial charge < -0.3 is 5.73 Å². The second-order valence-electron chi connectivity index (χ2n) is 10.9. The van der Waals surface area contributed by atoms with Crippen molar-refractivity contribution in [3.05, 3.63) is 71.8 Å². The fourth-order valence-corrected chi connectivity index (χ4v) is 5.35. The van der Waals surface area contributed by atoms with Crippen LogP contribution < -0.4 is 5.73 Å². The summed E-state index contributed by atoms with van der Waals surface area (Å²) >= 11 is 0. The van der Waals surface area contributed by atoms with Crippen LogP contribution in [0.4, 0.5) is 0 Å². The maximum atomic E-state index is 6.96. The quantitative estimate of drug-likeness (QED) is 0.225. The first-order valence-corrected chi connectivity index (χ1v) is 13.8. The highest BCUT2D eigenvalue weighted by Gasteiger charge is 2.41. The van der Waals surface area contributed by atoms with Gasteiger partial charge in [0.1, 0.15) is 0 Å². The van der Waals surface area contributed by atoms with Crippen molar-refractivity contribution in [1.82, 2.24) is 0 Å². The molecule has 0 bridgehead atoms. The SMILES string of the molecule is CCCCCCCCCCCCC(CCc1ccccc1)(CCc1ccccc1)C(C)(C)N. The van der Waals surface area contributed by atoms with Crippen LogP contribution in [0.3, 0.4) is 0 Å². The van der Waals surface area contributed by atoms with Crippen LogP contribution in [-0.4, -0.2) is 5.54 Å². The summed E-state index contributed by atoms with van der Waals surface area (Å²) < 4.78 is 0. The van der Waals surface area contributed by atoms with Crippen molar-refractivity contribution in [2.75, 3.05) is 0 Å². The van der Waals surface area contributed by atoms with Gasteiger partial charge in [0.25, 0.3) is 0 Å². The minimum Gasteiger partial charge on any atom is -0.325 e. The zero-order valence-corrected chi connectivity index (χ0v) is 22.0. The molecular weight excluding hydrogens is 398 g/mol. The van der Waals surface area contributed by atoms with Gasteiger partial charge in [-0.3, -0.25) is 0 Å². The van der Waals surface area contributed by atoms with E-state index in [9.17, 15) is 0 Å². The Labute approximate surface area is 205 Å². The Bertz CT molecular complexity index is 670. The number of hydrogen-bond acceptors (Lipinski definition) is 1. The molecule has 0 aliphatic heterocycles. The molecule has 0 spiro atoms. The van der Waals surface area contributed by atoms with Gasteiger partial charge in [0, 0.05) is 5.54 Å². The molecule has 1 nitrogen and oxygen atoms in total. The normalized spacial score (nSPS) is 12.2. The first-order valence-electron chi connectivity index (χ1n) is 13.8. The summed E-state index contributed by atoms with van der Waals surface area (Å²) in [4.78, 5) is 0. The van der Waals surface area contributed by atoms with E-state index in [-0.39, 0.29) is 11.0 Å². The van der Waals surface area contributed by atoms with Crippen molar-refractivity contribution in [2.45, 2.75) is 123 Å². The molecule has 0 atom stereocenters. The van der Waals surface area contributed by atoms with Crippen LogP contribution in [-0.2, 0) is 12.8 Å². The molecule has 0 amide bonds. The van der Waals surface area contributed by atoms with Gasteiger partial charge in [-0.25, -0.2) is 0 Å². The van der Waals surface area contributed by atoms with E-state index < -0.39 is 0 Å². The molecule has 2 aromatic carbocycles. The molecule has 2 N–H and O–H groups in total. The standard InChI is InChI=1S/C32H51N/c1-4-5-6-7-8-9-10-11-12-19-26-32(31(2,3)33,27-24-29-20-15-13-16-21-29)28-25-30-22-17-14-18-23-30/h13-18,20-23H,4-12,19,24-28,33H2,1-3H3. The summed E-state index contributed by atoms with van der Waals surface area (Å²) in [6, 6.07) is 22.0. The monoisotopic (exact) mass is 449 g/mol. The summed E-state index contributed by atoms with van der Waals surface area (Å²) in [6.45, 7) is 6.85. The summed E-state index contributed by atoms with van der Waals surface area (Å²) in [7, 11) is 0. The predicted molar refractivity (Wildman–Crippen MR) is 147 cm³/mol. The Kier molecular flexibility index (Phi) is 12.8. The minimum atomic E-state index is -0.185. The van der Waals surface area contributed by atoms with Crippen molar-refractivity contribution >= 4 is 0 Å². The smallest absolute Gasteiger partial charge is 0.0154 e. The zero-order valence-electron chi connectivity index (χ0n) is 22.0. The second kappa shape index (κ2) is 15.3. The van der Waals surface area contributed by atoms with Crippen molar-refractivity contribution in [3.8, 4) is 0 Å². The van der Waals surface area contributed by atoms with E-state index in [2.05, 4.69) is 81.4 Å². The van der Waals surface area contributed by atoms with E-state index in [0.29, 0.717) is 0 Å². The van der Waals surface area contributed by atoms with Gasteiger partial charge in [0.05, 0.1) is 0 Å². The number of rotatable bonds is 18. The van der Waals surface area contributed by atoms with E-state index in [1.165, 1.54) is 94.6 Å². The maximum absolute atomic E-state index is 6.96. The van der Waals surface area contributed by atoms with Crippen molar-refractivity contribution in [2.24, 2.45) is 11.1 Å². The number of aryl methyl sites for hydroxylation is 2. The molecule has 0 aromatic heterocycles. The van der Waals surface area contributed by atoms with Crippen LogP contribution in [0.2, 0.25) is 0 Å². The van der Waals surface area contributed by atoms with Gasteiger partial charge in [0.2, 0.25) is 0 Å². The van der Waals surface area contributed by atoms with Crippen LogP contribution in [0.1, 0.15) is 115 Å². The Morgan fingerprint density at radius 1 is 0.545 bits per heavy atom. The van der Waals surface area contributed by atoms with Gasteiger partial charge >= 0.3 is 0 Å². The second-order valence-corrected chi connectivity index (χ2v) is 10.9. The van der Waals surface area contributed by atoms with E-state index in [1.54, 1.807) is 0 Å². The molecule has 0 aliphatic rings. The number of nitrogens with two attached hydrogens (primary N) is 1. The van der Waals surface area contributed by atoms with Gasteiger partial charge in [-0.2, -0.15) is 0 Å². The number of unbranched alkanes of at least 4 members (excludes halogenated alkanes) is 9. The molecule has 0 fully saturated rings. The average molecular weight is 450 g/mol. The number of benzene rings is 2. The molecule has 0 saturated carbocycles. The highest BCUT2D eigenvalue weighted by atomic mass is 14.8. The fraction of sp³-hybridized carbons (Fsp3) is 0.625. The molecule has 0 unspecified atom stereocenters. The maximum Gasteiger partial charge on any atom is 0.0154 e. The van der Waals surface area contributed by atoms with Crippen LogP contribution in [0, 0.1) is 5.41 Å². The topological polar surface area (TPSA) is 26.0 Å². The minimum absolute atomic E-state index is 0.166. The Morgan fingerprint density at radius 3 is 1.33 bits per heavy atom. The highest BCUT2D eigenvalue weighted by Crippen LogP contribution is 2.44. The molecular formula is C32H51N. The molecule has 0 aliphatic carbocycles. The van der Waals surface area contributed by atoms with Gasteiger partial charge in [-0.15, -0.1) is 0 Å². The van der Waals surface area contributed by atoms with E-state index in [0.717, 1.165) is 12.8 Å². The van der Waals surface area contributed by atoms with Gasteiger partial charge in [0.15, 0.2) is 0 Å². The lowest BCUT2D eigenvalue weighted by Gasteiger charge is -2.46. The molecule has 2 rings (SSSR count). The lowest BCUT2D eigenvalue weighted by Crippen LogP contribution is -2.51. The summed E-state index contributed by atoms with van der Waals surface area (Å²) in [5, 5.41) is 0. The third kappa shape index (κ3) is 10.5. The largest absolute Gasteiger partial charge is 0.325 e. The molecule has 33 heavy (non-hydrogen) atoms. The van der Waals surface area contributed by atoms with Gasteiger partial charge in [-0.1, -0.05) is 132 Å². The lowest BCUT2D eigenvalue weighted by molar-refractivity contribution is 0.103. The van der Waals surface area contributed by atoms with E-state index in [4.69, 9.17) is 5.73 Å². The molecule has 2 aromatic rings. The molecule has 1 heteroatoms. The fourth-order valence-electron chi connectivity index (χ4n) is 5.35. The van der Waals surface area contributed by atoms with E-state index in [1.807, 2.05) is 0 Å². The zero-order chi connectivity index (χ0) is 23.8. The first-order chi connectivity index (χ1) is 16.0. The summed E-state index contributed by atoms with van der Waals surface area (Å²) in [6.07, 6.45) is 19.7. The van der Waals surface area contributed by atoms with Crippen LogP contribution in [0.25, 0.3) is 0 Å². The third-order valence-electron chi connectivity index (χ3n) is 7.85. The van der Waals surface area contributed by atoms with Crippen molar-refractivity contribution in [3.63, 3.8) is 0 Å². The van der Waals surface area contributed by atoms with Crippen LogP contribution >= 0.6 is 0 Å². The first kappa shape index (κ1) is 27.6. The van der Waals surface area contributed by atoms with Crippen molar-refractivity contribution in [1.29, 1.82) is 0 Å². The highest BCUT2D eigenvalue weighted by molar-refractivity contribution is 5.17. The lowest BCUT2D eigenvalue weighted by atomic mass is 9.62. The molecule has 0 saturated heterocycles. The van der Waals surface area contributed by atoms with E-state index >= 15 is 0 Å². The molecule has 0 heterocycles. The van der Waals surface area contributed by atoms with Crippen molar-refractivity contribution < 1.29 is 0 Å². The molecule has 184 valence electrons. The third-order valence-corrected chi connectivity index (χ3v) is 7.85. The summed E-state index contributed by atoms with van der Waals surface area (Å²) in [5.41, 5.74) is 9.82. The Hall–Kier alpha value is -1.60.